The lowest BCUT2D eigenvalue weighted by molar-refractivity contribution is 0.144. The van der Waals surface area contributed by atoms with Crippen molar-refractivity contribution in [2.45, 2.75) is 33.4 Å². The van der Waals surface area contributed by atoms with Crippen LogP contribution in [-0.2, 0) is 17.9 Å². The van der Waals surface area contributed by atoms with Crippen LogP contribution in [-0.4, -0.2) is 26.4 Å². The van der Waals surface area contributed by atoms with Gasteiger partial charge >= 0.3 is 0 Å². The molecule has 0 fully saturated rings. The van der Waals surface area contributed by atoms with Crippen molar-refractivity contribution < 1.29 is 18.6 Å². The summed E-state index contributed by atoms with van der Waals surface area (Å²) in [5, 5.41) is 3.86. The highest BCUT2D eigenvalue weighted by molar-refractivity contribution is 6.32. The Morgan fingerprint density at radius 1 is 1.00 bits per heavy atom. The van der Waals surface area contributed by atoms with E-state index in [1.807, 2.05) is 26.0 Å². The molecule has 4 nitrogen and oxygen atoms in total. The van der Waals surface area contributed by atoms with E-state index in [2.05, 4.69) is 5.32 Å². The fraction of sp³-hybridized carbons (Fsp3) is 0.429. The zero-order valence-corrected chi connectivity index (χ0v) is 16.7. The first-order valence-electron chi connectivity index (χ1n) is 9.25. The maximum absolute atomic E-state index is 13.0. The van der Waals surface area contributed by atoms with Gasteiger partial charge in [0.2, 0.25) is 0 Å². The van der Waals surface area contributed by atoms with E-state index in [1.54, 1.807) is 12.1 Å². The molecule has 0 aliphatic heterocycles. The van der Waals surface area contributed by atoms with Crippen molar-refractivity contribution in [3.63, 3.8) is 0 Å². The van der Waals surface area contributed by atoms with E-state index < -0.39 is 0 Å². The summed E-state index contributed by atoms with van der Waals surface area (Å²) in [7, 11) is 0. The molecule has 1 N–H and O–H groups in total. The van der Waals surface area contributed by atoms with Crippen molar-refractivity contribution in [2.24, 2.45) is 0 Å². The van der Waals surface area contributed by atoms with Gasteiger partial charge in [-0.25, -0.2) is 4.39 Å². The van der Waals surface area contributed by atoms with Crippen LogP contribution >= 0.6 is 11.6 Å². The molecule has 0 aromatic heterocycles. The van der Waals surface area contributed by atoms with Crippen molar-refractivity contribution >= 4 is 11.6 Å². The Bertz CT molecular complexity index is 695. The van der Waals surface area contributed by atoms with Crippen LogP contribution in [0.2, 0.25) is 5.02 Å². The fourth-order valence-corrected chi connectivity index (χ4v) is 2.83. The van der Waals surface area contributed by atoms with Crippen molar-refractivity contribution in [3.8, 4) is 11.5 Å². The average molecular weight is 396 g/mol. The molecule has 2 aromatic carbocycles. The van der Waals surface area contributed by atoms with Crippen LogP contribution in [0.25, 0.3) is 0 Å². The van der Waals surface area contributed by atoms with E-state index in [4.69, 9.17) is 25.8 Å². The van der Waals surface area contributed by atoms with Gasteiger partial charge in [0.1, 0.15) is 12.4 Å². The fourth-order valence-electron chi connectivity index (χ4n) is 2.54. The Morgan fingerprint density at radius 3 is 2.48 bits per heavy atom. The zero-order valence-electron chi connectivity index (χ0n) is 15.9. The summed E-state index contributed by atoms with van der Waals surface area (Å²) in [5.74, 6) is 0.839. The molecule has 0 spiro atoms. The summed E-state index contributed by atoms with van der Waals surface area (Å²) in [5.41, 5.74) is 1.88. The maximum Gasteiger partial charge on any atom is 0.180 e. The molecule has 148 valence electrons. The van der Waals surface area contributed by atoms with Crippen molar-refractivity contribution in [1.82, 2.24) is 5.32 Å². The molecule has 2 aromatic rings. The molecule has 0 atom stereocenters. The quantitative estimate of drug-likeness (QED) is 0.515. The van der Waals surface area contributed by atoms with E-state index in [0.29, 0.717) is 29.7 Å². The van der Waals surface area contributed by atoms with Gasteiger partial charge in [-0.1, -0.05) is 23.7 Å². The van der Waals surface area contributed by atoms with E-state index in [1.165, 1.54) is 12.1 Å². The number of ether oxygens (including phenoxy) is 3. The zero-order chi connectivity index (χ0) is 19.5. The Kier molecular flexibility index (Phi) is 9.39. The number of halogens is 2. The molecule has 6 heteroatoms. The maximum atomic E-state index is 13.0. The van der Waals surface area contributed by atoms with E-state index in [9.17, 15) is 4.39 Å². The number of rotatable bonds is 12. The molecule has 0 unspecified atom stereocenters. The monoisotopic (exact) mass is 395 g/mol. The van der Waals surface area contributed by atoms with Gasteiger partial charge in [0.05, 0.1) is 11.6 Å². The third kappa shape index (κ3) is 7.37. The van der Waals surface area contributed by atoms with Crippen molar-refractivity contribution in [1.29, 1.82) is 0 Å². The smallest absolute Gasteiger partial charge is 0.180 e. The number of hydrogen-bond acceptors (Lipinski definition) is 4. The number of benzene rings is 2. The molecule has 0 heterocycles. The molecule has 27 heavy (non-hydrogen) atoms. The second-order valence-corrected chi connectivity index (χ2v) is 6.39. The molecule has 0 radical (unpaired) electrons. The standard InChI is InChI=1S/C21H27ClFNO3/c1-3-25-11-5-10-24-14-17-12-19(22)21(20(13-17)26-4-2)27-15-16-6-8-18(23)9-7-16/h6-9,12-13,24H,3-5,10-11,14-15H2,1-2H3. The first-order valence-corrected chi connectivity index (χ1v) is 9.62. The van der Waals surface area contributed by atoms with Gasteiger partial charge < -0.3 is 19.5 Å². The van der Waals surface area contributed by atoms with Crippen LogP contribution in [0.3, 0.4) is 0 Å². The number of hydrogen-bond donors (Lipinski definition) is 1. The first-order chi connectivity index (χ1) is 13.1. The van der Waals surface area contributed by atoms with Gasteiger partial charge in [-0.15, -0.1) is 0 Å². The van der Waals surface area contributed by atoms with Crippen LogP contribution in [0.1, 0.15) is 31.4 Å². The summed E-state index contributed by atoms with van der Waals surface area (Å²) < 4.78 is 29.9. The molecule has 0 aliphatic rings. The molecule has 0 aliphatic carbocycles. The minimum absolute atomic E-state index is 0.273. The van der Waals surface area contributed by atoms with Crippen LogP contribution < -0.4 is 14.8 Å². The van der Waals surface area contributed by atoms with Crippen molar-refractivity contribution in [2.75, 3.05) is 26.4 Å². The predicted molar refractivity (Wildman–Crippen MR) is 106 cm³/mol. The highest BCUT2D eigenvalue weighted by Gasteiger charge is 2.13. The van der Waals surface area contributed by atoms with Crippen LogP contribution in [0.4, 0.5) is 4.39 Å². The topological polar surface area (TPSA) is 39.7 Å². The molecular formula is C21H27ClFNO3. The minimum Gasteiger partial charge on any atom is -0.490 e. The SMILES string of the molecule is CCOCCCNCc1cc(Cl)c(OCc2ccc(F)cc2)c(OCC)c1. The van der Waals surface area contributed by atoms with Crippen LogP contribution in [0.15, 0.2) is 36.4 Å². The highest BCUT2D eigenvalue weighted by Crippen LogP contribution is 2.37. The second kappa shape index (κ2) is 11.8. The first kappa shape index (κ1) is 21.5. The summed E-state index contributed by atoms with van der Waals surface area (Å²) >= 11 is 6.43. The molecule has 0 amide bonds. The van der Waals surface area contributed by atoms with Gasteiger partial charge in [0.25, 0.3) is 0 Å². The van der Waals surface area contributed by atoms with Crippen LogP contribution in [0.5, 0.6) is 11.5 Å². The third-order valence-electron chi connectivity index (χ3n) is 3.84. The third-order valence-corrected chi connectivity index (χ3v) is 4.12. The molecule has 0 bridgehead atoms. The van der Waals surface area contributed by atoms with Crippen molar-refractivity contribution in [3.05, 3.63) is 58.4 Å². The lowest BCUT2D eigenvalue weighted by atomic mass is 10.2. The molecule has 2 rings (SSSR count). The van der Waals surface area contributed by atoms with Gasteiger partial charge in [0, 0.05) is 19.8 Å². The average Bonchev–Trinajstić information content (AvgIpc) is 2.65. The lowest BCUT2D eigenvalue weighted by Gasteiger charge is -2.16. The van der Waals surface area contributed by atoms with Gasteiger partial charge in [-0.05, 0) is 62.2 Å². The highest BCUT2D eigenvalue weighted by atomic mass is 35.5. The lowest BCUT2D eigenvalue weighted by Crippen LogP contribution is -2.16. The molecule has 0 saturated carbocycles. The summed E-state index contributed by atoms with van der Waals surface area (Å²) in [6.07, 6.45) is 0.957. The van der Waals surface area contributed by atoms with E-state index >= 15 is 0 Å². The second-order valence-electron chi connectivity index (χ2n) is 5.98. The Morgan fingerprint density at radius 2 is 1.78 bits per heavy atom. The van der Waals surface area contributed by atoms with E-state index in [0.717, 1.165) is 37.3 Å². The summed E-state index contributed by atoms with van der Waals surface area (Å²) in [4.78, 5) is 0. The summed E-state index contributed by atoms with van der Waals surface area (Å²) in [6, 6.07) is 9.99. The van der Waals surface area contributed by atoms with Gasteiger partial charge in [0.15, 0.2) is 11.5 Å². The van der Waals surface area contributed by atoms with Gasteiger partial charge in [-0.3, -0.25) is 0 Å². The normalized spacial score (nSPS) is 10.8. The van der Waals surface area contributed by atoms with E-state index in [-0.39, 0.29) is 12.4 Å². The predicted octanol–water partition coefficient (Wildman–Crippen LogP) is 4.97. The largest absolute Gasteiger partial charge is 0.490 e. The Hall–Kier alpha value is -1.82. The number of nitrogens with one attached hydrogen (secondary N) is 1. The minimum atomic E-state index is -0.273. The Labute approximate surface area is 165 Å². The molecular weight excluding hydrogens is 369 g/mol. The summed E-state index contributed by atoms with van der Waals surface area (Å²) in [6.45, 7) is 7.75. The van der Waals surface area contributed by atoms with Gasteiger partial charge in [-0.2, -0.15) is 0 Å². The Balaban J connectivity index is 1.98. The molecule has 0 saturated heterocycles. The van der Waals surface area contributed by atoms with Crippen LogP contribution in [0, 0.1) is 5.82 Å².